The van der Waals surface area contributed by atoms with Gasteiger partial charge in [-0.15, -0.1) is 0 Å². The molecule has 0 aliphatic carbocycles. The lowest BCUT2D eigenvalue weighted by Crippen LogP contribution is -1.98. The van der Waals surface area contributed by atoms with Crippen LogP contribution < -0.4 is 0 Å². The first-order valence-corrected chi connectivity index (χ1v) is 6.11. The molecule has 0 fully saturated rings. The second kappa shape index (κ2) is 4.87. The van der Waals surface area contributed by atoms with E-state index in [9.17, 15) is 4.21 Å². The van der Waals surface area contributed by atoms with E-state index in [2.05, 4.69) is 22.5 Å². The van der Waals surface area contributed by atoms with Gasteiger partial charge in [-0.05, 0) is 29.7 Å². The molecule has 1 aromatic carbocycles. The molecule has 1 atom stereocenters. The van der Waals surface area contributed by atoms with Crippen LogP contribution in [0.25, 0.3) is 6.08 Å². The van der Waals surface area contributed by atoms with E-state index in [1.807, 2.05) is 19.1 Å². The average Bonchev–Trinajstić information content (AvgIpc) is 2.11. The molecule has 0 bridgehead atoms. The normalized spacial score (nSPS) is 12.5. The minimum Gasteiger partial charge on any atom is -0.306 e. The summed E-state index contributed by atoms with van der Waals surface area (Å²) in [6, 6.07) is 3.72. The van der Waals surface area contributed by atoms with Crippen LogP contribution in [0.3, 0.4) is 0 Å². The zero-order chi connectivity index (χ0) is 10.7. The Labute approximate surface area is 94.4 Å². The van der Waals surface area contributed by atoms with Gasteiger partial charge in [0.15, 0.2) is 11.1 Å². The van der Waals surface area contributed by atoms with Gasteiger partial charge in [0.2, 0.25) is 0 Å². The Balaban J connectivity index is 3.23. The summed E-state index contributed by atoms with van der Waals surface area (Å²) in [7, 11) is 0. The molecule has 1 aromatic rings. The van der Waals surface area contributed by atoms with E-state index < -0.39 is 11.1 Å². The lowest BCUT2D eigenvalue weighted by molar-refractivity contribution is 0.563. The Morgan fingerprint density at radius 2 is 2.29 bits per heavy atom. The molecule has 0 aromatic heterocycles. The first-order valence-electron chi connectivity index (χ1n) is 4.04. The van der Waals surface area contributed by atoms with Gasteiger partial charge < -0.3 is 4.55 Å². The molecule has 76 valence electrons. The Bertz CT molecular complexity index is 388. The molecule has 0 aliphatic rings. The van der Waals surface area contributed by atoms with E-state index in [-0.39, 0.29) is 5.75 Å². The van der Waals surface area contributed by atoms with Gasteiger partial charge in [-0.25, -0.2) is 4.21 Å². The maximum absolute atomic E-state index is 10.7. The van der Waals surface area contributed by atoms with E-state index >= 15 is 0 Å². The largest absolute Gasteiger partial charge is 0.306 e. The Morgan fingerprint density at radius 1 is 1.64 bits per heavy atom. The summed E-state index contributed by atoms with van der Waals surface area (Å²) in [6.45, 7) is 5.65. The smallest absolute Gasteiger partial charge is 0.157 e. The summed E-state index contributed by atoms with van der Waals surface area (Å²) in [6.07, 6.45) is 1.71. The Morgan fingerprint density at radius 3 is 2.79 bits per heavy atom. The second-order valence-corrected chi connectivity index (χ2v) is 4.70. The first-order chi connectivity index (χ1) is 6.56. The van der Waals surface area contributed by atoms with Crippen LogP contribution in [-0.2, 0) is 16.8 Å². The molecule has 0 heterocycles. The maximum Gasteiger partial charge on any atom is 0.157 e. The fourth-order valence-corrected chi connectivity index (χ4v) is 2.16. The third-order valence-corrected chi connectivity index (χ3v) is 3.44. The van der Waals surface area contributed by atoms with Crippen molar-refractivity contribution in [3.63, 3.8) is 0 Å². The minimum absolute atomic E-state index is 0.148. The molecule has 0 aliphatic heterocycles. The second-order valence-electron chi connectivity index (χ2n) is 2.92. The number of benzene rings is 1. The summed E-state index contributed by atoms with van der Waals surface area (Å²) in [5.74, 6) is 0.148. The van der Waals surface area contributed by atoms with Crippen LogP contribution in [0.5, 0.6) is 0 Å². The van der Waals surface area contributed by atoms with E-state index in [0.717, 1.165) is 21.2 Å². The quantitative estimate of drug-likeness (QED) is 0.860. The topological polar surface area (TPSA) is 37.3 Å². The Kier molecular flexibility index (Phi) is 4.04. The first kappa shape index (κ1) is 11.6. The number of rotatable bonds is 3. The fourth-order valence-electron chi connectivity index (χ4n) is 1.30. The van der Waals surface area contributed by atoms with Crippen molar-refractivity contribution in [3.05, 3.63) is 39.9 Å². The number of hydrogen-bond donors (Lipinski definition) is 1. The van der Waals surface area contributed by atoms with Crippen LogP contribution in [-0.4, -0.2) is 8.76 Å². The number of halogens is 1. The molecular weight excluding hydrogens is 264 g/mol. The molecule has 1 rings (SSSR count). The molecule has 14 heavy (non-hydrogen) atoms. The highest BCUT2D eigenvalue weighted by Gasteiger charge is 2.07. The highest BCUT2D eigenvalue weighted by molar-refractivity contribution is 9.10. The molecule has 1 unspecified atom stereocenters. The molecule has 2 nitrogen and oxygen atoms in total. The van der Waals surface area contributed by atoms with Gasteiger partial charge >= 0.3 is 0 Å². The van der Waals surface area contributed by atoms with Crippen LogP contribution >= 0.6 is 15.9 Å². The van der Waals surface area contributed by atoms with E-state index in [4.69, 9.17) is 4.55 Å². The van der Waals surface area contributed by atoms with Crippen molar-refractivity contribution in [2.45, 2.75) is 12.7 Å². The minimum atomic E-state index is -1.81. The van der Waals surface area contributed by atoms with Gasteiger partial charge in [-0.2, -0.15) is 0 Å². The third-order valence-electron chi connectivity index (χ3n) is 2.02. The zero-order valence-electron chi connectivity index (χ0n) is 7.79. The standard InChI is InChI=1S/C10H11BrO2S/c1-3-9-7(2)10(11)5-4-8(9)6-14(12)13/h3-5H,1,6H2,2H3,(H,12,13). The van der Waals surface area contributed by atoms with Crippen molar-refractivity contribution >= 4 is 33.1 Å². The van der Waals surface area contributed by atoms with Gasteiger partial charge in [-0.3, -0.25) is 0 Å². The van der Waals surface area contributed by atoms with Crippen molar-refractivity contribution < 1.29 is 8.76 Å². The summed E-state index contributed by atoms with van der Waals surface area (Å²) < 4.78 is 20.5. The van der Waals surface area contributed by atoms with Crippen LogP contribution in [0.15, 0.2) is 23.2 Å². The highest BCUT2D eigenvalue weighted by Crippen LogP contribution is 2.24. The zero-order valence-corrected chi connectivity index (χ0v) is 10.2. The van der Waals surface area contributed by atoms with Crippen molar-refractivity contribution in [3.8, 4) is 0 Å². The Hall–Kier alpha value is -0.450. The molecule has 4 heteroatoms. The maximum atomic E-state index is 10.7. The lowest BCUT2D eigenvalue weighted by atomic mass is 10.0. The van der Waals surface area contributed by atoms with Crippen LogP contribution in [0, 0.1) is 6.92 Å². The van der Waals surface area contributed by atoms with Crippen molar-refractivity contribution in [1.82, 2.24) is 0 Å². The number of hydrogen-bond acceptors (Lipinski definition) is 1. The summed E-state index contributed by atoms with van der Waals surface area (Å²) in [5, 5.41) is 0. The molecule has 1 N–H and O–H groups in total. The van der Waals surface area contributed by atoms with E-state index in [1.165, 1.54) is 0 Å². The van der Waals surface area contributed by atoms with Crippen LogP contribution in [0.4, 0.5) is 0 Å². The molecule has 0 spiro atoms. The van der Waals surface area contributed by atoms with Crippen molar-refractivity contribution in [2.75, 3.05) is 0 Å². The summed E-state index contributed by atoms with van der Waals surface area (Å²) in [5.41, 5.74) is 2.83. The summed E-state index contributed by atoms with van der Waals surface area (Å²) in [4.78, 5) is 0. The van der Waals surface area contributed by atoms with Gasteiger partial charge in [-0.1, -0.05) is 34.7 Å². The molecule has 0 saturated heterocycles. The fraction of sp³-hybridized carbons (Fsp3) is 0.200. The average molecular weight is 275 g/mol. The monoisotopic (exact) mass is 274 g/mol. The van der Waals surface area contributed by atoms with Crippen LogP contribution in [0.2, 0.25) is 0 Å². The predicted molar refractivity (Wildman–Crippen MR) is 63.4 cm³/mol. The van der Waals surface area contributed by atoms with Crippen molar-refractivity contribution in [2.24, 2.45) is 0 Å². The van der Waals surface area contributed by atoms with Gasteiger partial charge in [0.25, 0.3) is 0 Å². The lowest BCUT2D eigenvalue weighted by Gasteiger charge is -2.08. The third kappa shape index (κ3) is 2.53. The highest BCUT2D eigenvalue weighted by atomic mass is 79.9. The van der Waals surface area contributed by atoms with E-state index in [0.29, 0.717) is 0 Å². The molecule has 0 saturated carbocycles. The van der Waals surface area contributed by atoms with Gasteiger partial charge in [0.1, 0.15) is 0 Å². The summed E-state index contributed by atoms with van der Waals surface area (Å²) >= 11 is 1.59. The SMILES string of the molecule is C=Cc1c(CS(=O)O)ccc(Br)c1C. The van der Waals surface area contributed by atoms with Gasteiger partial charge in [0, 0.05) is 4.47 Å². The van der Waals surface area contributed by atoms with E-state index in [1.54, 1.807) is 6.08 Å². The molecule has 0 radical (unpaired) electrons. The predicted octanol–water partition coefficient (Wildman–Crippen LogP) is 3.12. The van der Waals surface area contributed by atoms with Crippen molar-refractivity contribution in [1.29, 1.82) is 0 Å². The molecular formula is C10H11BrO2S. The van der Waals surface area contributed by atoms with Crippen LogP contribution in [0.1, 0.15) is 16.7 Å². The van der Waals surface area contributed by atoms with Gasteiger partial charge in [0.05, 0.1) is 5.75 Å². The molecule has 0 amide bonds.